The molecule has 0 radical (unpaired) electrons. The second kappa shape index (κ2) is 6.85. The van der Waals surface area contributed by atoms with Crippen LogP contribution in [0.15, 0.2) is 22.8 Å². The van der Waals surface area contributed by atoms with Crippen LogP contribution in [0.4, 0.5) is 0 Å². The average Bonchev–Trinajstić information content (AvgIpc) is 2.83. The van der Waals surface area contributed by atoms with Gasteiger partial charge in [0.25, 0.3) is 0 Å². The van der Waals surface area contributed by atoms with Gasteiger partial charge < -0.3 is 9.73 Å². The fourth-order valence-electron chi connectivity index (χ4n) is 3.02. The van der Waals surface area contributed by atoms with Crippen molar-refractivity contribution in [3.8, 4) is 0 Å². The Hall–Kier alpha value is -0.760. The molecule has 0 aliphatic heterocycles. The molecule has 1 atom stereocenters. The highest BCUT2D eigenvalue weighted by atomic mass is 16.3. The normalized spacial score (nSPS) is 19.4. The van der Waals surface area contributed by atoms with Gasteiger partial charge in [0.15, 0.2) is 0 Å². The molecule has 0 spiro atoms. The molecule has 1 unspecified atom stereocenters. The van der Waals surface area contributed by atoms with Crippen LogP contribution in [0.5, 0.6) is 0 Å². The predicted octanol–water partition coefficient (Wildman–Crippen LogP) is 3.77. The van der Waals surface area contributed by atoms with Crippen molar-refractivity contribution >= 4 is 0 Å². The second-order valence-electron chi connectivity index (χ2n) is 5.28. The van der Waals surface area contributed by atoms with E-state index in [0.29, 0.717) is 6.04 Å². The monoisotopic (exact) mass is 235 g/mol. The van der Waals surface area contributed by atoms with E-state index in [-0.39, 0.29) is 0 Å². The maximum Gasteiger partial charge on any atom is 0.105 e. The van der Waals surface area contributed by atoms with E-state index in [9.17, 15) is 0 Å². The summed E-state index contributed by atoms with van der Waals surface area (Å²) < 4.78 is 5.46. The molecule has 96 valence electrons. The lowest BCUT2D eigenvalue weighted by Crippen LogP contribution is -2.33. The van der Waals surface area contributed by atoms with Gasteiger partial charge in [0, 0.05) is 12.5 Å². The van der Waals surface area contributed by atoms with E-state index in [1.54, 1.807) is 6.26 Å². The van der Waals surface area contributed by atoms with Crippen molar-refractivity contribution in [1.29, 1.82) is 0 Å². The van der Waals surface area contributed by atoms with Crippen molar-refractivity contribution < 1.29 is 4.42 Å². The van der Waals surface area contributed by atoms with E-state index in [2.05, 4.69) is 18.3 Å². The second-order valence-corrected chi connectivity index (χ2v) is 5.28. The van der Waals surface area contributed by atoms with Gasteiger partial charge >= 0.3 is 0 Å². The zero-order valence-corrected chi connectivity index (χ0v) is 11.0. The number of rotatable bonds is 6. The van der Waals surface area contributed by atoms with Crippen LogP contribution in [0, 0.1) is 5.92 Å². The van der Waals surface area contributed by atoms with Crippen molar-refractivity contribution in [3.05, 3.63) is 24.2 Å². The first-order valence-corrected chi connectivity index (χ1v) is 7.14. The van der Waals surface area contributed by atoms with Crippen LogP contribution in [0.25, 0.3) is 0 Å². The quantitative estimate of drug-likeness (QED) is 0.812. The molecule has 1 fully saturated rings. The summed E-state index contributed by atoms with van der Waals surface area (Å²) in [7, 11) is 0. The Labute approximate surface area is 105 Å². The van der Waals surface area contributed by atoms with Gasteiger partial charge in [0.2, 0.25) is 0 Å². The summed E-state index contributed by atoms with van der Waals surface area (Å²) in [6.45, 7) is 3.24. The van der Waals surface area contributed by atoms with Crippen molar-refractivity contribution in [2.45, 2.75) is 57.9 Å². The minimum Gasteiger partial charge on any atom is -0.469 e. The molecule has 2 rings (SSSR count). The molecule has 17 heavy (non-hydrogen) atoms. The SMILES string of the molecule is CCNC(Cc1ccco1)CC1CCCCC1. The Balaban J connectivity index is 1.83. The fraction of sp³-hybridized carbons (Fsp3) is 0.733. The van der Waals surface area contributed by atoms with Crippen molar-refractivity contribution in [2.24, 2.45) is 5.92 Å². The van der Waals surface area contributed by atoms with E-state index in [0.717, 1.165) is 24.6 Å². The van der Waals surface area contributed by atoms with E-state index in [1.165, 1.54) is 38.5 Å². The Morgan fingerprint density at radius 3 is 2.82 bits per heavy atom. The van der Waals surface area contributed by atoms with Crippen LogP contribution >= 0.6 is 0 Å². The molecule has 1 aromatic rings. The molecular weight excluding hydrogens is 210 g/mol. The third-order valence-corrected chi connectivity index (χ3v) is 3.86. The third kappa shape index (κ3) is 4.19. The maximum atomic E-state index is 5.46. The standard InChI is InChI=1S/C15H25NO/c1-2-16-14(12-15-9-6-10-17-15)11-13-7-4-3-5-8-13/h6,9-10,13-14,16H,2-5,7-8,11-12H2,1H3. The van der Waals surface area contributed by atoms with Gasteiger partial charge in [-0.25, -0.2) is 0 Å². The molecule has 1 heterocycles. The number of nitrogens with one attached hydrogen (secondary N) is 1. The van der Waals surface area contributed by atoms with Gasteiger partial charge in [-0.05, 0) is 31.0 Å². The molecular formula is C15H25NO. The maximum absolute atomic E-state index is 5.46. The summed E-state index contributed by atoms with van der Waals surface area (Å²) in [6, 6.07) is 4.67. The van der Waals surface area contributed by atoms with Crippen LogP contribution in [-0.2, 0) is 6.42 Å². The zero-order valence-electron chi connectivity index (χ0n) is 11.0. The number of likely N-dealkylation sites (N-methyl/N-ethyl adjacent to an activating group) is 1. The number of hydrogen-bond acceptors (Lipinski definition) is 2. The Morgan fingerprint density at radius 2 is 2.18 bits per heavy atom. The lowest BCUT2D eigenvalue weighted by Gasteiger charge is -2.26. The molecule has 1 aliphatic rings. The molecule has 1 aromatic heterocycles. The van der Waals surface area contributed by atoms with Gasteiger partial charge in [-0.2, -0.15) is 0 Å². The lowest BCUT2D eigenvalue weighted by atomic mass is 9.84. The summed E-state index contributed by atoms with van der Waals surface area (Å²) in [4.78, 5) is 0. The molecule has 0 aromatic carbocycles. The van der Waals surface area contributed by atoms with Crippen LogP contribution in [0.1, 0.15) is 51.2 Å². The number of furan rings is 1. The zero-order chi connectivity index (χ0) is 11.9. The molecule has 1 saturated carbocycles. The van der Waals surface area contributed by atoms with Crippen LogP contribution in [0.2, 0.25) is 0 Å². The van der Waals surface area contributed by atoms with Crippen LogP contribution < -0.4 is 5.32 Å². The van der Waals surface area contributed by atoms with E-state index in [1.807, 2.05) is 6.07 Å². The number of hydrogen-bond donors (Lipinski definition) is 1. The van der Waals surface area contributed by atoms with E-state index >= 15 is 0 Å². The topological polar surface area (TPSA) is 25.2 Å². The van der Waals surface area contributed by atoms with Crippen molar-refractivity contribution in [3.63, 3.8) is 0 Å². The summed E-state index contributed by atoms with van der Waals surface area (Å²) in [5.74, 6) is 2.05. The van der Waals surface area contributed by atoms with Gasteiger partial charge in [-0.1, -0.05) is 39.0 Å². The van der Waals surface area contributed by atoms with Gasteiger partial charge in [-0.3, -0.25) is 0 Å². The highest BCUT2D eigenvalue weighted by Crippen LogP contribution is 2.28. The van der Waals surface area contributed by atoms with E-state index < -0.39 is 0 Å². The summed E-state index contributed by atoms with van der Waals surface area (Å²) >= 11 is 0. The first-order chi connectivity index (χ1) is 8.38. The average molecular weight is 235 g/mol. The third-order valence-electron chi connectivity index (χ3n) is 3.86. The largest absolute Gasteiger partial charge is 0.469 e. The predicted molar refractivity (Wildman–Crippen MR) is 71.1 cm³/mol. The van der Waals surface area contributed by atoms with Crippen LogP contribution in [-0.4, -0.2) is 12.6 Å². The Kier molecular flexibility index (Phi) is 5.11. The highest BCUT2D eigenvalue weighted by Gasteiger charge is 2.19. The van der Waals surface area contributed by atoms with Gasteiger partial charge in [-0.15, -0.1) is 0 Å². The Morgan fingerprint density at radius 1 is 1.35 bits per heavy atom. The molecule has 0 saturated heterocycles. The summed E-state index contributed by atoms with van der Waals surface area (Å²) in [5.41, 5.74) is 0. The Bertz CT molecular complexity index is 288. The first-order valence-electron chi connectivity index (χ1n) is 7.14. The lowest BCUT2D eigenvalue weighted by molar-refractivity contribution is 0.292. The molecule has 0 bridgehead atoms. The first kappa shape index (κ1) is 12.7. The van der Waals surface area contributed by atoms with Gasteiger partial charge in [0.05, 0.1) is 6.26 Å². The van der Waals surface area contributed by atoms with Crippen LogP contribution in [0.3, 0.4) is 0 Å². The minimum absolute atomic E-state index is 0.592. The highest BCUT2D eigenvalue weighted by molar-refractivity contribution is 5.00. The van der Waals surface area contributed by atoms with Gasteiger partial charge in [0.1, 0.15) is 5.76 Å². The molecule has 1 N–H and O–H groups in total. The molecule has 1 aliphatic carbocycles. The summed E-state index contributed by atoms with van der Waals surface area (Å²) in [6.07, 6.45) is 11.3. The van der Waals surface area contributed by atoms with E-state index in [4.69, 9.17) is 4.42 Å². The fourth-order valence-corrected chi connectivity index (χ4v) is 3.02. The summed E-state index contributed by atoms with van der Waals surface area (Å²) in [5, 5.41) is 3.61. The smallest absolute Gasteiger partial charge is 0.105 e. The molecule has 0 amide bonds. The van der Waals surface area contributed by atoms with Crippen molar-refractivity contribution in [2.75, 3.05) is 6.54 Å². The molecule has 2 nitrogen and oxygen atoms in total. The minimum atomic E-state index is 0.592. The molecule has 2 heteroatoms. The van der Waals surface area contributed by atoms with Crippen molar-refractivity contribution in [1.82, 2.24) is 5.32 Å².